The van der Waals surface area contributed by atoms with Crippen molar-refractivity contribution < 1.29 is 18.0 Å². The fourth-order valence-corrected chi connectivity index (χ4v) is 1.78. The molecule has 0 aliphatic carbocycles. The number of hydrogen-bond acceptors (Lipinski definition) is 2. The second-order valence-electron chi connectivity index (χ2n) is 4.00. The third-order valence-electron chi connectivity index (χ3n) is 2.37. The van der Waals surface area contributed by atoms with Crippen LogP contribution in [0, 0.1) is 6.92 Å². The Hall–Kier alpha value is -1.37. The summed E-state index contributed by atoms with van der Waals surface area (Å²) in [5.74, 6) is 0. The zero-order valence-electron chi connectivity index (χ0n) is 10.3. The molecule has 0 amide bonds. The minimum Gasteiger partial charge on any atom is -0.357 e. The van der Waals surface area contributed by atoms with E-state index < -0.39 is 12.7 Å². The number of carbonyl (C=O) groups is 1. The Bertz CT molecular complexity index is 500. The van der Waals surface area contributed by atoms with Gasteiger partial charge in [-0.05, 0) is 24.6 Å². The topological polar surface area (TPSA) is 32.7 Å². The molecular formula is C12H12BrF3N2O. The van der Waals surface area contributed by atoms with Gasteiger partial charge in [0.1, 0.15) is 6.54 Å². The van der Waals surface area contributed by atoms with E-state index in [0.717, 1.165) is 15.7 Å². The molecule has 0 aliphatic heterocycles. The molecule has 0 fully saturated rings. The molecule has 0 radical (unpaired) electrons. The summed E-state index contributed by atoms with van der Waals surface area (Å²) in [5.41, 5.74) is 1.39. The van der Waals surface area contributed by atoms with Crippen LogP contribution < -0.4 is 0 Å². The van der Waals surface area contributed by atoms with Gasteiger partial charge in [0.05, 0.1) is 12.0 Å². The second-order valence-corrected chi connectivity index (χ2v) is 4.85. The summed E-state index contributed by atoms with van der Waals surface area (Å²) in [7, 11) is 1.27. The van der Waals surface area contributed by atoms with E-state index in [1.54, 1.807) is 19.1 Å². The predicted octanol–water partition coefficient (Wildman–Crippen LogP) is 3.72. The molecule has 0 spiro atoms. The van der Waals surface area contributed by atoms with Crippen LogP contribution in [0.15, 0.2) is 21.6 Å². The summed E-state index contributed by atoms with van der Waals surface area (Å²) in [4.78, 5) is 15.8. The Morgan fingerprint density at radius 2 is 2.05 bits per heavy atom. The number of hydrogen-bond donors (Lipinski definition) is 0. The van der Waals surface area contributed by atoms with Gasteiger partial charge in [-0.3, -0.25) is 4.79 Å². The molecule has 0 heterocycles. The van der Waals surface area contributed by atoms with Gasteiger partial charge in [0.25, 0.3) is 0 Å². The molecule has 0 saturated heterocycles. The lowest BCUT2D eigenvalue weighted by Gasteiger charge is -2.15. The molecule has 0 aliphatic rings. The molecule has 19 heavy (non-hydrogen) atoms. The Morgan fingerprint density at radius 1 is 1.42 bits per heavy atom. The second kappa shape index (κ2) is 6.18. The zero-order chi connectivity index (χ0) is 14.6. The number of carbonyl (C=O) groups excluding carboxylic acids is 1. The third kappa shape index (κ3) is 4.66. The maximum Gasteiger partial charge on any atom is 0.405 e. The average molecular weight is 337 g/mol. The quantitative estimate of drug-likeness (QED) is 0.477. The van der Waals surface area contributed by atoms with E-state index in [2.05, 4.69) is 20.9 Å². The first kappa shape index (κ1) is 15.7. The van der Waals surface area contributed by atoms with Gasteiger partial charge in [0.2, 0.25) is 0 Å². The van der Waals surface area contributed by atoms with Gasteiger partial charge in [-0.1, -0.05) is 15.9 Å². The fourth-order valence-electron chi connectivity index (χ4n) is 1.43. The first-order valence-corrected chi connectivity index (χ1v) is 6.09. The highest BCUT2D eigenvalue weighted by atomic mass is 79.9. The number of rotatable bonds is 4. The van der Waals surface area contributed by atoms with E-state index in [4.69, 9.17) is 0 Å². The van der Waals surface area contributed by atoms with E-state index in [1.807, 2.05) is 0 Å². The highest BCUT2D eigenvalue weighted by Gasteiger charge is 2.28. The van der Waals surface area contributed by atoms with Crippen molar-refractivity contribution in [2.24, 2.45) is 4.99 Å². The van der Waals surface area contributed by atoms with Crippen molar-refractivity contribution in [3.8, 4) is 0 Å². The Labute approximate surface area is 117 Å². The van der Waals surface area contributed by atoms with Gasteiger partial charge in [-0.2, -0.15) is 13.2 Å². The number of aliphatic imine (C=N–C) groups is 1. The number of aldehydes is 1. The Balaban J connectivity index is 2.94. The summed E-state index contributed by atoms with van der Waals surface area (Å²) in [6.45, 7) is 0.634. The van der Waals surface area contributed by atoms with Crippen molar-refractivity contribution >= 4 is 34.2 Å². The molecule has 0 aromatic heterocycles. The molecule has 1 aromatic carbocycles. The largest absolute Gasteiger partial charge is 0.405 e. The van der Waals surface area contributed by atoms with E-state index in [0.29, 0.717) is 23.1 Å². The first-order chi connectivity index (χ1) is 8.74. The lowest BCUT2D eigenvalue weighted by Crippen LogP contribution is -2.29. The number of halogens is 4. The van der Waals surface area contributed by atoms with E-state index in [1.165, 1.54) is 7.05 Å². The van der Waals surface area contributed by atoms with Gasteiger partial charge >= 0.3 is 6.18 Å². The van der Waals surface area contributed by atoms with Crippen molar-refractivity contribution in [3.05, 3.63) is 27.7 Å². The molecule has 0 bridgehead atoms. The SMILES string of the molecule is Cc1c(Br)ccc(N=CN(C)CC(F)(F)F)c1C=O. The van der Waals surface area contributed by atoms with E-state index in [9.17, 15) is 18.0 Å². The van der Waals surface area contributed by atoms with Crippen LogP contribution in [0.3, 0.4) is 0 Å². The van der Waals surface area contributed by atoms with Crippen LogP contribution in [-0.4, -0.2) is 37.3 Å². The van der Waals surface area contributed by atoms with Gasteiger partial charge in [-0.15, -0.1) is 0 Å². The molecular weight excluding hydrogens is 325 g/mol. The van der Waals surface area contributed by atoms with Crippen LogP contribution in [0.4, 0.5) is 18.9 Å². The predicted molar refractivity (Wildman–Crippen MR) is 71.1 cm³/mol. The zero-order valence-corrected chi connectivity index (χ0v) is 11.9. The molecule has 0 atom stereocenters. The van der Waals surface area contributed by atoms with Crippen molar-refractivity contribution in [3.63, 3.8) is 0 Å². The lowest BCUT2D eigenvalue weighted by molar-refractivity contribution is -0.135. The van der Waals surface area contributed by atoms with Crippen molar-refractivity contribution in [2.45, 2.75) is 13.1 Å². The van der Waals surface area contributed by atoms with Gasteiger partial charge < -0.3 is 4.90 Å². The van der Waals surface area contributed by atoms with Gasteiger partial charge in [-0.25, -0.2) is 4.99 Å². The maximum atomic E-state index is 12.1. The number of alkyl halides is 3. The van der Waals surface area contributed by atoms with Crippen LogP contribution >= 0.6 is 15.9 Å². The van der Waals surface area contributed by atoms with Crippen molar-refractivity contribution in [2.75, 3.05) is 13.6 Å². The van der Waals surface area contributed by atoms with Crippen LogP contribution in [0.2, 0.25) is 0 Å². The van der Waals surface area contributed by atoms with Crippen LogP contribution in [0.25, 0.3) is 0 Å². The first-order valence-electron chi connectivity index (χ1n) is 5.30. The Kier molecular flexibility index (Phi) is 5.11. The molecule has 0 saturated carbocycles. The molecule has 0 unspecified atom stereocenters. The van der Waals surface area contributed by atoms with Crippen LogP contribution in [-0.2, 0) is 0 Å². The van der Waals surface area contributed by atoms with E-state index in [-0.39, 0.29) is 0 Å². The normalized spacial score (nSPS) is 11.9. The summed E-state index contributed by atoms with van der Waals surface area (Å²) < 4.78 is 37.1. The minimum absolute atomic E-state index is 0.338. The number of benzene rings is 1. The standard InChI is InChI=1S/C12H12BrF3N2O/c1-8-9(5-19)11(4-3-10(8)13)17-7-18(2)6-12(14,15)16/h3-5,7H,6H2,1-2H3. The van der Waals surface area contributed by atoms with Gasteiger partial charge in [0, 0.05) is 17.1 Å². The lowest BCUT2D eigenvalue weighted by atomic mass is 10.1. The molecule has 104 valence electrons. The monoisotopic (exact) mass is 336 g/mol. The van der Waals surface area contributed by atoms with Crippen molar-refractivity contribution in [1.29, 1.82) is 0 Å². The van der Waals surface area contributed by atoms with Gasteiger partial charge in [0.15, 0.2) is 6.29 Å². The molecule has 0 N–H and O–H groups in total. The molecule has 1 aromatic rings. The number of nitrogens with zero attached hydrogens (tertiary/aromatic N) is 2. The molecule has 1 rings (SSSR count). The third-order valence-corrected chi connectivity index (χ3v) is 3.23. The summed E-state index contributed by atoms with van der Waals surface area (Å²) in [6, 6.07) is 3.26. The van der Waals surface area contributed by atoms with Crippen LogP contribution in [0.5, 0.6) is 0 Å². The summed E-state index contributed by atoms with van der Waals surface area (Å²) in [5, 5.41) is 0. The summed E-state index contributed by atoms with van der Waals surface area (Å²) in [6.07, 6.45) is -2.59. The molecule has 7 heteroatoms. The minimum atomic E-state index is -4.29. The smallest absolute Gasteiger partial charge is 0.357 e. The Morgan fingerprint density at radius 3 is 2.58 bits per heavy atom. The highest BCUT2D eigenvalue weighted by molar-refractivity contribution is 9.10. The highest BCUT2D eigenvalue weighted by Crippen LogP contribution is 2.27. The fraction of sp³-hybridized carbons (Fsp3) is 0.333. The average Bonchev–Trinajstić information content (AvgIpc) is 2.28. The molecule has 3 nitrogen and oxygen atoms in total. The maximum absolute atomic E-state index is 12.1. The van der Waals surface area contributed by atoms with E-state index >= 15 is 0 Å². The summed E-state index contributed by atoms with van der Waals surface area (Å²) >= 11 is 3.27. The van der Waals surface area contributed by atoms with Crippen LogP contribution in [0.1, 0.15) is 15.9 Å². The van der Waals surface area contributed by atoms with Crippen molar-refractivity contribution in [1.82, 2.24) is 4.90 Å².